The van der Waals surface area contributed by atoms with Crippen LogP contribution in [0, 0.1) is 0 Å². The summed E-state index contributed by atoms with van der Waals surface area (Å²) in [4.78, 5) is 13.8. The fourth-order valence-electron chi connectivity index (χ4n) is 2.39. The number of carbonyl (C=O) groups excluding carboxylic acids is 1. The highest BCUT2D eigenvalue weighted by Crippen LogP contribution is 2.21. The SMILES string of the molecule is CN(CCCCCO)C(=O)C1CCCN1S(C)(=O)=O. The first-order valence-corrected chi connectivity index (χ1v) is 8.55. The van der Waals surface area contributed by atoms with Crippen LogP contribution in [0.5, 0.6) is 0 Å². The fraction of sp³-hybridized carbons (Fsp3) is 0.917. The Kier molecular flexibility index (Phi) is 6.22. The number of rotatable bonds is 7. The number of sulfonamides is 1. The quantitative estimate of drug-likeness (QED) is 0.672. The molecule has 112 valence electrons. The number of carbonyl (C=O) groups is 1. The molecule has 0 aliphatic carbocycles. The molecule has 19 heavy (non-hydrogen) atoms. The van der Waals surface area contributed by atoms with Gasteiger partial charge in [0.25, 0.3) is 0 Å². The van der Waals surface area contributed by atoms with E-state index in [1.54, 1.807) is 11.9 Å². The van der Waals surface area contributed by atoms with Crippen molar-refractivity contribution < 1.29 is 18.3 Å². The summed E-state index contributed by atoms with van der Waals surface area (Å²) in [5.74, 6) is -0.119. The molecule has 0 aromatic rings. The van der Waals surface area contributed by atoms with Crippen molar-refractivity contribution in [3.8, 4) is 0 Å². The van der Waals surface area contributed by atoms with Gasteiger partial charge in [-0.25, -0.2) is 8.42 Å². The molecular formula is C12H24N2O4S. The Bertz CT molecular complexity index is 397. The van der Waals surface area contributed by atoms with Crippen molar-refractivity contribution in [2.75, 3.05) is 33.0 Å². The maximum absolute atomic E-state index is 12.2. The van der Waals surface area contributed by atoms with Crippen LogP contribution in [0.1, 0.15) is 32.1 Å². The Hall–Kier alpha value is -0.660. The minimum absolute atomic E-state index is 0.119. The first-order valence-electron chi connectivity index (χ1n) is 6.70. The van der Waals surface area contributed by atoms with E-state index in [9.17, 15) is 13.2 Å². The zero-order valence-corrected chi connectivity index (χ0v) is 12.5. The summed E-state index contributed by atoms with van der Waals surface area (Å²) in [6.45, 7) is 1.21. The van der Waals surface area contributed by atoms with Crippen molar-refractivity contribution in [3.63, 3.8) is 0 Å². The molecule has 1 N–H and O–H groups in total. The van der Waals surface area contributed by atoms with Crippen LogP contribution >= 0.6 is 0 Å². The number of aliphatic hydroxyl groups is 1. The molecule has 0 aromatic carbocycles. The summed E-state index contributed by atoms with van der Waals surface area (Å²) in [7, 11) is -1.60. The molecule has 1 aliphatic rings. The molecule has 6 nitrogen and oxygen atoms in total. The number of aliphatic hydroxyl groups excluding tert-OH is 1. The molecule has 0 aromatic heterocycles. The predicted octanol–water partition coefficient (Wildman–Crippen LogP) is 0.0314. The molecule has 1 saturated heterocycles. The molecule has 1 rings (SSSR count). The molecule has 0 spiro atoms. The van der Waals surface area contributed by atoms with Crippen LogP contribution in [0.3, 0.4) is 0 Å². The van der Waals surface area contributed by atoms with Gasteiger partial charge in [-0.2, -0.15) is 4.31 Å². The zero-order chi connectivity index (χ0) is 14.5. The topological polar surface area (TPSA) is 77.9 Å². The average molecular weight is 292 g/mol. The Morgan fingerprint density at radius 1 is 1.37 bits per heavy atom. The van der Waals surface area contributed by atoms with Gasteiger partial charge in [-0.15, -0.1) is 0 Å². The summed E-state index contributed by atoms with van der Waals surface area (Å²) < 4.78 is 24.5. The van der Waals surface area contributed by atoms with Crippen molar-refractivity contribution in [2.24, 2.45) is 0 Å². The molecule has 0 bridgehead atoms. The maximum atomic E-state index is 12.2. The third-order valence-corrected chi connectivity index (χ3v) is 4.73. The number of hydrogen-bond donors (Lipinski definition) is 1. The van der Waals surface area contributed by atoms with Crippen molar-refractivity contribution in [1.82, 2.24) is 9.21 Å². The van der Waals surface area contributed by atoms with E-state index >= 15 is 0 Å². The second-order valence-corrected chi connectivity index (χ2v) is 7.01. The van der Waals surface area contributed by atoms with Crippen LogP contribution in [0.2, 0.25) is 0 Å². The van der Waals surface area contributed by atoms with E-state index in [4.69, 9.17) is 5.11 Å². The lowest BCUT2D eigenvalue weighted by atomic mass is 10.2. The van der Waals surface area contributed by atoms with Crippen molar-refractivity contribution in [1.29, 1.82) is 0 Å². The second-order valence-electron chi connectivity index (χ2n) is 5.08. The van der Waals surface area contributed by atoms with Gasteiger partial charge in [0.2, 0.25) is 15.9 Å². The minimum atomic E-state index is -3.31. The van der Waals surface area contributed by atoms with Crippen LogP contribution < -0.4 is 0 Å². The standard InChI is InChI=1S/C12H24N2O4S/c1-13(8-4-3-5-10-15)12(16)11-7-6-9-14(11)19(2,17)18/h11,15H,3-10H2,1-2H3. The Balaban J connectivity index is 2.51. The molecule has 0 radical (unpaired) electrons. The molecule has 0 saturated carbocycles. The molecule has 1 fully saturated rings. The smallest absolute Gasteiger partial charge is 0.240 e. The van der Waals surface area contributed by atoms with E-state index < -0.39 is 16.1 Å². The van der Waals surface area contributed by atoms with Gasteiger partial charge in [0, 0.05) is 26.7 Å². The van der Waals surface area contributed by atoms with Crippen LogP contribution in [0.4, 0.5) is 0 Å². The number of likely N-dealkylation sites (N-methyl/N-ethyl adjacent to an activating group) is 1. The first-order chi connectivity index (χ1) is 8.88. The lowest BCUT2D eigenvalue weighted by molar-refractivity contribution is -0.133. The highest BCUT2D eigenvalue weighted by molar-refractivity contribution is 7.88. The van der Waals surface area contributed by atoms with E-state index in [1.165, 1.54) is 4.31 Å². The number of nitrogens with zero attached hydrogens (tertiary/aromatic N) is 2. The largest absolute Gasteiger partial charge is 0.396 e. The van der Waals surface area contributed by atoms with Gasteiger partial charge in [-0.3, -0.25) is 4.79 Å². The van der Waals surface area contributed by atoms with Crippen LogP contribution in [0.15, 0.2) is 0 Å². The predicted molar refractivity (Wildman–Crippen MR) is 73.1 cm³/mol. The van der Waals surface area contributed by atoms with Crippen LogP contribution in [-0.2, 0) is 14.8 Å². The molecular weight excluding hydrogens is 268 g/mol. The summed E-state index contributed by atoms with van der Waals surface area (Å²) in [5.41, 5.74) is 0. The summed E-state index contributed by atoms with van der Waals surface area (Å²) in [5, 5.41) is 8.68. The zero-order valence-electron chi connectivity index (χ0n) is 11.7. The van der Waals surface area contributed by atoms with Crippen LogP contribution in [-0.4, -0.2) is 67.7 Å². The molecule has 1 heterocycles. The third-order valence-electron chi connectivity index (χ3n) is 3.44. The van der Waals surface area contributed by atoms with Gasteiger partial charge < -0.3 is 10.0 Å². The highest BCUT2D eigenvalue weighted by Gasteiger charge is 2.37. The van der Waals surface area contributed by atoms with E-state index in [2.05, 4.69) is 0 Å². The Morgan fingerprint density at radius 3 is 2.63 bits per heavy atom. The molecule has 1 amide bonds. The van der Waals surface area contributed by atoms with E-state index in [0.29, 0.717) is 19.5 Å². The van der Waals surface area contributed by atoms with E-state index in [0.717, 1.165) is 31.9 Å². The maximum Gasteiger partial charge on any atom is 0.240 e. The van der Waals surface area contributed by atoms with Gasteiger partial charge in [0.05, 0.1) is 6.26 Å². The summed E-state index contributed by atoms with van der Waals surface area (Å²) in [6, 6.07) is -0.530. The van der Waals surface area contributed by atoms with E-state index in [-0.39, 0.29) is 12.5 Å². The summed E-state index contributed by atoms with van der Waals surface area (Å²) in [6.07, 6.45) is 4.93. The van der Waals surface area contributed by atoms with Gasteiger partial charge in [-0.05, 0) is 32.1 Å². The number of hydrogen-bond acceptors (Lipinski definition) is 4. The Labute approximate surface area is 115 Å². The number of unbranched alkanes of at least 4 members (excludes halogenated alkanes) is 2. The van der Waals surface area contributed by atoms with Gasteiger partial charge >= 0.3 is 0 Å². The monoisotopic (exact) mass is 292 g/mol. The lowest BCUT2D eigenvalue weighted by Crippen LogP contribution is -2.46. The average Bonchev–Trinajstić information content (AvgIpc) is 2.82. The fourth-order valence-corrected chi connectivity index (χ4v) is 3.50. The first kappa shape index (κ1) is 16.4. The van der Waals surface area contributed by atoms with E-state index in [1.807, 2.05) is 0 Å². The highest BCUT2D eigenvalue weighted by atomic mass is 32.2. The molecule has 1 unspecified atom stereocenters. The van der Waals surface area contributed by atoms with Crippen molar-refractivity contribution >= 4 is 15.9 Å². The minimum Gasteiger partial charge on any atom is -0.396 e. The molecule has 1 aliphatic heterocycles. The summed E-state index contributed by atoms with van der Waals surface area (Å²) >= 11 is 0. The van der Waals surface area contributed by atoms with Crippen LogP contribution in [0.25, 0.3) is 0 Å². The van der Waals surface area contributed by atoms with Crippen molar-refractivity contribution in [3.05, 3.63) is 0 Å². The second kappa shape index (κ2) is 7.21. The Morgan fingerprint density at radius 2 is 2.05 bits per heavy atom. The molecule has 1 atom stereocenters. The van der Waals surface area contributed by atoms with Gasteiger partial charge in [0.1, 0.15) is 6.04 Å². The van der Waals surface area contributed by atoms with Gasteiger partial charge in [-0.1, -0.05) is 0 Å². The normalized spacial score (nSPS) is 20.7. The van der Waals surface area contributed by atoms with Gasteiger partial charge in [0.15, 0.2) is 0 Å². The van der Waals surface area contributed by atoms with Crippen molar-refractivity contribution in [2.45, 2.75) is 38.1 Å². The molecule has 7 heteroatoms. The lowest BCUT2D eigenvalue weighted by Gasteiger charge is -2.26. The third kappa shape index (κ3) is 4.74. The number of amides is 1.